The van der Waals surface area contributed by atoms with Gasteiger partial charge in [0.25, 0.3) is 0 Å². The Morgan fingerprint density at radius 2 is 2.20 bits per heavy atom. The van der Waals surface area contributed by atoms with Crippen molar-refractivity contribution in [1.82, 2.24) is 19.9 Å². The van der Waals surface area contributed by atoms with Gasteiger partial charge >= 0.3 is 0 Å². The van der Waals surface area contributed by atoms with Crippen LogP contribution >= 0.6 is 0 Å². The molecule has 0 saturated carbocycles. The highest BCUT2D eigenvalue weighted by Gasteiger charge is 2.21. The molecule has 1 atom stereocenters. The Kier molecular flexibility index (Phi) is 5.11. The Labute approximate surface area is 120 Å². The van der Waals surface area contributed by atoms with Gasteiger partial charge in [-0.15, -0.1) is 5.10 Å². The van der Waals surface area contributed by atoms with E-state index in [1.807, 2.05) is 4.90 Å². The normalized spacial score (nSPS) is 18.2. The molecule has 0 aromatic carbocycles. The molecular formula is C14H25N5O. The van der Waals surface area contributed by atoms with Crippen LogP contribution in [0.3, 0.4) is 0 Å². The van der Waals surface area contributed by atoms with Crippen molar-refractivity contribution in [1.29, 1.82) is 0 Å². The lowest BCUT2D eigenvalue weighted by Gasteiger charge is -2.30. The van der Waals surface area contributed by atoms with Gasteiger partial charge in [-0.25, -0.2) is 4.68 Å². The van der Waals surface area contributed by atoms with Crippen LogP contribution in [0.1, 0.15) is 51.3 Å². The van der Waals surface area contributed by atoms with Crippen LogP contribution in [0.15, 0.2) is 6.20 Å². The number of hydrogen-bond donors (Lipinski definition) is 1. The third-order valence-electron chi connectivity index (χ3n) is 3.97. The maximum Gasteiger partial charge on any atom is 0.244 e. The summed E-state index contributed by atoms with van der Waals surface area (Å²) >= 11 is 0. The predicted molar refractivity (Wildman–Crippen MR) is 76.8 cm³/mol. The summed E-state index contributed by atoms with van der Waals surface area (Å²) in [5.74, 6) is 0.849. The van der Waals surface area contributed by atoms with E-state index in [-0.39, 0.29) is 18.5 Å². The Bertz CT molecular complexity index is 437. The van der Waals surface area contributed by atoms with Crippen molar-refractivity contribution < 1.29 is 4.79 Å². The molecule has 6 heteroatoms. The molecule has 20 heavy (non-hydrogen) atoms. The zero-order valence-corrected chi connectivity index (χ0v) is 12.5. The van der Waals surface area contributed by atoms with Gasteiger partial charge in [0.2, 0.25) is 5.91 Å². The van der Waals surface area contributed by atoms with E-state index in [1.165, 1.54) is 0 Å². The smallest absolute Gasteiger partial charge is 0.244 e. The van der Waals surface area contributed by atoms with Crippen molar-refractivity contribution in [3.63, 3.8) is 0 Å². The van der Waals surface area contributed by atoms with Gasteiger partial charge in [0, 0.05) is 13.1 Å². The SMILES string of the molecule is CCCC(N)c1cn(CC(=O)N2CCC(C)CC2)nn1. The van der Waals surface area contributed by atoms with E-state index in [0.29, 0.717) is 0 Å². The van der Waals surface area contributed by atoms with Gasteiger partial charge in [0.15, 0.2) is 0 Å². The maximum absolute atomic E-state index is 12.2. The average Bonchev–Trinajstić information content (AvgIpc) is 2.88. The molecule has 1 amide bonds. The van der Waals surface area contributed by atoms with Gasteiger partial charge in [-0.2, -0.15) is 0 Å². The minimum absolute atomic E-state index is 0.0836. The number of nitrogens with zero attached hydrogens (tertiary/aromatic N) is 4. The van der Waals surface area contributed by atoms with Crippen molar-refractivity contribution in [2.75, 3.05) is 13.1 Å². The number of nitrogens with two attached hydrogens (primary N) is 1. The first-order valence-electron chi connectivity index (χ1n) is 7.53. The van der Waals surface area contributed by atoms with E-state index >= 15 is 0 Å². The summed E-state index contributed by atoms with van der Waals surface area (Å²) in [6.07, 6.45) is 5.88. The number of piperidine rings is 1. The lowest BCUT2D eigenvalue weighted by Crippen LogP contribution is -2.39. The number of carbonyl (C=O) groups is 1. The molecule has 2 heterocycles. The van der Waals surface area contributed by atoms with Crippen LogP contribution in [0.4, 0.5) is 0 Å². The number of hydrogen-bond acceptors (Lipinski definition) is 4. The fourth-order valence-electron chi connectivity index (χ4n) is 2.52. The molecule has 2 N–H and O–H groups in total. The second kappa shape index (κ2) is 6.83. The highest BCUT2D eigenvalue weighted by atomic mass is 16.2. The van der Waals surface area contributed by atoms with Gasteiger partial charge < -0.3 is 10.6 Å². The summed E-state index contributed by atoms with van der Waals surface area (Å²) in [7, 11) is 0. The monoisotopic (exact) mass is 279 g/mol. The number of likely N-dealkylation sites (tertiary alicyclic amines) is 1. The summed E-state index contributed by atoms with van der Waals surface area (Å²) in [4.78, 5) is 14.1. The molecule has 1 fully saturated rings. The zero-order valence-electron chi connectivity index (χ0n) is 12.5. The third kappa shape index (κ3) is 3.79. The molecule has 0 aliphatic carbocycles. The second-order valence-electron chi connectivity index (χ2n) is 5.80. The molecule has 0 bridgehead atoms. The standard InChI is InChI=1S/C14H25N5O/c1-3-4-12(15)13-9-19(17-16-13)10-14(20)18-7-5-11(2)6-8-18/h9,11-12H,3-8,10,15H2,1-2H3. The molecule has 1 saturated heterocycles. The molecule has 1 aliphatic heterocycles. The van der Waals surface area contributed by atoms with Crippen LogP contribution in [-0.4, -0.2) is 38.9 Å². The van der Waals surface area contributed by atoms with E-state index in [1.54, 1.807) is 10.9 Å². The summed E-state index contributed by atoms with van der Waals surface area (Å²) in [6.45, 7) is 6.31. The van der Waals surface area contributed by atoms with Crippen molar-refractivity contribution >= 4 is 5.91 Å². The number of carbonyl (C=O) groups excluding carboxylic acids is 1. The third-order valence-corrected chi connectivity index (χ3v) is 3.97. The minimum Gasteiger partial charge on any atom is -0.341 e. The Morgan fingerprint density at radius 3 is 2.85 bits per heavy atom. The average molecular weight is 279 g/mol. The van der Waals surface area contributed by atoms with Crippen LogP contribution < -0.4 is 5.73 Å². The highest BCUT2D eigenvalue weighted by molar-refractivity contribution is 5.75. The van der Waals surface area contributed by atoms with Crippen molar-refractivity contribution in [3.8, 4) is 0 Å². The Hall–Kier alpha value is -1.43. The van der Waals surface area contributed by atoms with Crippen LogP contribution in [0.25, 0.3) is 0 Å². The molecule has 1 unspecified atom stereocenters. The second-order valence-corrected chi connectivity index (χ2v) is 5.80. The first kappa shape index (κ1) is 15.0. The van der Waals surface area contributed by atoms with Crippen molar-refractivity contribution in [2.24, 2.45) is 11.7 Å². The van der Waals surface area contributed by atoms with E-state index in [0.717, 1.165) is 50.4 Å². The van der Waals surface area contributed by atoms with Gasteiger partial charge in [0.05, 0.1) is 17.9 Å². The fourth-order valence-corrected chi connectivity index (χ4v) is 2.52. The predicted octanol–water partition coefficient (Wildman–Crippen LogP) is 1.34. The molecule has 2 rings (SSSR count). The van der Waals surface area contributed by atoms with Gasteiger partial charge in [0.1, 0.15) is 6.54 Å². The molecule has 1 aliphatic rings. The van der Waals surface area contributed by atoms with E-state index in [4.69, 9.17) is 5.73 Å². The van der Waals surface area contributed by atoms with Crippen LogP contribution in [0.5, 0.6) is 0 Å². The maximum atomic E-state index is 12.2. The van der Waals surface area contributed by atoms with Crippen LogP contribution in [0.2, 0.25) is 0 Å². The molecule has 1 aromatic rings. The molecular weight excluding hydrogens is 254 g/mol. The molecule has 0 radical (unpaired) electrons. The Balaban J connectivity index is 1.88. The Morgan fingerprint density at radius 1 is 1.50 bits per heavy atom. The van der Waals surface area contributed by atoms with Gasteiger partial charge in [-0.1, -0.05) is 25.5 Å². The van der Waals surface area contributed by atoms with E-state index in [2.05, 4.69) is 24.2 Å². The number of aromatic nitrogens is 3. The topological polar surface area (TPSA) is 77.0 Å². The van der Waals surface area contributed by atoms with E-state index in [9.17, 15) is 4.79 Å². The summed E-state index contributed by atoms with van der Waals surface area (Å²) in [6, 6.07) is -0.0836. The summed E-state index contributed by atoms with van der Waals surface area (Å²) in [5.41, 5.74) is 6.77. The quantitative estimate of drug-likeness (QED) is 0.882. The largest absolute Gasteiger partial charge is 0.341 e. The van der Waals surface area contributed by atoms with Crippen LogP contribution in [0, 0.1) is 5.92 Å². The van der Waals surface area contributed by atoms with Crippen molar-refractivity contribution in [2.45, 2.75) is 52.1 Å². The lowest BCUT2D eigenvalue weighted by atomic mass is 9.99. The highest BCUT2D eigenvalue weighted by Crippen LogP contribution is 2.16. The fraction of sp³-hybridized carbons (Fsp3) is 0.786. The molecule has 0 spiro atoms. The van der Waals surface area contributed by atoms with Crippen LogP contribution in [-0.2, 0) is 11.3 Å². The van der Waals surface area contributed by atoms with Gasteiger partial charge in [-0.3, -0.25) is 4.79 Å². The first-order valence-corrected chi connectivity index (χ1v) is 7.53. The molecule has 6 nitrogen and oxygen atoms in total. The molecule has 112 valence electrons. The zero-order chi connectivity index (χ0) is 14.5. The minimum atomic E-state index is -0.0836. The van der Waals surface area contributed by atoms with E-state index < -0.39 is 0 Å². The number of amides is 1. The van der Waals surface area contributed by atoms with Crippen molar-refractivity contribution in [3.05, 3.63) is 11.9 Å². The van der Waals surface area contributed by atoms with Gasteiger partial charge in [-0.05, 0) is 25.2 Å². The number of rotatable bonds is 5. The first-order chi connectivity index (χ1) is 9.60. The summed E-state index contributed by atoms with van der Waals surface area (Å²) < 4.78 is 1.60. The molecule has 1 aromatic heterocycles. The summed E-state index contributed by atoms with van der Waals surface area (Å²) in [5, 5.41) is 8.07. The lowest BCUT2D eigenvalue weighted by molar-refractivity contribution is -0.133.